The molecule has 1 fully saturated rings. The van der Waals surface area contributed by atoms with Crippen LogP contribution in [0.1, 0.15) is 44.6 Å². The molecule has 1 atom stereocenters. The molecule has 0 bridgehead atoms. The number of para-hydroxylation sites is 1. The second-order valence-electron chi connectivity index (χ2n) is 6.26. The molecule has 1 aliphatic heterocycles. The Bertz CT molecular complexity index is 490. The van der Waals surface area contributed by atoms with E-state index < -0.39 is 0 Å². The molecule has 1 N–H and O–H groups in total. The Morgan fingerprint density at radius 2 is 2.17 bits per heavy atom. The van der Waals surface area contributed by atoms with Gasteiger partial charge in [0, 0.05) is 25.6 Å². The maximum atomic E-state index is 12.1. The molecule has 4 nitrogen and oxygen atoms in total. The van der Waals surface area contributed by atoms with Crippen LogP contribution in [0.25, 0.3) is 0 Å². The summed E-state index contributed by atoms with van der Waals surface area (Å²) in [5, 5.41) is 3.03. The molecule has 0 radical (unpaired) electrons. The lowest BCUT2D eigenvalue weighted by Crippen LogP contribution is -2.41. The molecule has 0 aromatic heterocycles. The third-order valence-electron chi connectivity index (χ3n) is 4.76. The summed E-state index contributed by atoms with van der Waals surface area (Å²) in [5.74, 6) is 1.04. The molecule has 0 aliphatic carbocycles. The normalized spacial score (nSPS) is 18.6. The van der Waals surface area contributed by atoms with E-state index in [0.29, 0.717) is 19.0 Å². The highest BCUT2D eigenvalue weighted by molar-refractivity contribution is 5.76. The molecule has 1 saturated heterocycles. The van der Waals surface area contributed by atoms with E-state index in [0.717, 1.165) is 30.8 Å². The van der Waals surface area contributed by atoms with E-state index in [1.54, 1.807) is 7.11 Å². The SMILES string of the molecule is CCC1CCCCN1CCC(=O)NCCc1ccccc1OC. The van der Waals surface area contributed by atoms with Gasteiger partial charge in [-0.2, -0.15) is 0 Å². The Labute approximate surface area is 140 Å². The van der Waals surface area contributed by atoms with Crippen LogP contribution in [-0.4, -0.2) is 43.6 Å². The summed E-state index contributed by atoms with van der Waals surface area (Å²) in [6.45, 7) is 4.94. The van der Waals surface area contributed by atoms with Gasteiger partial charge in [-0.15, -0.1) is 0 Å². The summed E-state index contributed by atoms with van der Waals surface area (Å²) in [6, 6.07) is 8.64. The number of nitrogens with one attached hydrogen (secondary N) is 1. The van der Waals surface area contributed by atoms with Crippen LogP contribution in [0.3, 0.4) is 0 Å². The maximum absolute atomic E-state index is 12.1. The van der Waals surface area contributed by atoms with Crippen LogP contribution in [-0.2, 0) is 11.2 Å². The largest absolute Gasteiger partial charge is 0.496 e. The van der Waals surface area contributed by atoms with Crippen molar-refractivity contribution >= 4 is 5.91 Å². The van der Waals surface area contributed by atoms with Gasteiger partial charge in [0.15, 0.2) is 0 Å². The van der Waals surface area contributed by atoms with Crippen molar-refractivity contribution in [3.8, 4) is 5.75 Å². The fourth-order valence-electron chi connectivity index (χ4n) is 3.40. The Balaban J connectivity index is 1.69. The number of hydrogen-bond donors (Lipinski definition) is 1. The highest BCUT2D eigenvalue weighted by Gasteiger charge is 2.20. The number of ether oxygens (including phenoxy) is 1. The quantitative estimate of drug-likeness (QED) is 0.801. The number of likely N-dealkylation sites (tertiary alicyclic amines) is 1. The highest BCUT2D eigenvalue weighted by Crippen LogP contribution is 2.19. The van der Waals surface area contributed by atoms with Gasteiger partial charge in [0.2, 0.25) is 5.91 Å². The third-order valence-corrected chi connectivity index (χ3v) is 4.76. The number of rotatable bonds is 8. The van der Waals surface area contributed by atoms with Crippen LogP contribution in [0.15, 0.2) is 24.3 Å². The molecule has 1 aliphatic rings. The van der Waals surface area contributed by atoms with Gasteiger partial charge < -0.3 is 10.1 Å². The number of piperidine rings is 1. The van der Waals surface area contributed by atoms with E-state index in [1.807, 2.05) is 24.3 Å². The number of carbonyl (C=O) groups excluding carboxylic acids is 1. The number of nitrogens with zero attached hydrogens (tertiary/aromatic N) is 1. The van der Waals surface area contributed by atoms with Crippen molar-refractivity contribution in [1.82, 2.24) is 10.2 Å². The fourth-order valence-corrected chi connectivity index (χ4v) is 3.40. The molecule has 23 heavy (non-hydrogen) atoms. The molecule has 1 heterocycles. The Hall–Kier alpha value is -1.55. The standard InChI is InChI=1S/C19H30N2O2/c1-3-17-9-6-7-14-21(17)15-12-19(22)20-13-11-16-8-4-5-10-18(16)23-2/h4-5,8,10,17H,3,6-7,9,11-15H2,1-2H3,(H,20,22). The lowest BCUT2D eigenvalue weighted by molar-refractivity contribution is -0.121. The van der Waals surface area contributed by atoms with Gasteiger partial charge in [-0.3, -0.25) is 9.69 Å². The van der Waals surface area contributed by atoms with E-state index in [1.165, 1.54) is 25.7 Å². The molecule has 2 rings (SSSR count). The van der Waals surface area contributed by atoms with Crippen LogP contribution in [0.4, 0.5) is 0 Å². The molecule has 1 amide bonds. The zero-order chi connectivity index (χ0) is 16.5. The zero-order valence-corrected chi connectivity index (χ0v) is 14.5. The van der Waals surface area contributed by atoms with Crippen molar-refractivity contribution in [2.24, 2.45) is 0 Å². The minimum absolute atomic E-state index is 0.153. The van der Waals surface area contributed by atoms with Gasteiger partial charge >= 0.3 is 0 Å². The van der Waals surface area contributed by atoms with E-state index in [-0.39, 0.29) is 5.91 Å². The molecular weight excluding hydrogens is 288 g/mol. The summed E-state index contributed by atoms with van der Waals surface area (Å²) in [6.07, 6.45) is 6.48. The van der Waals surface area contributed by atoms with Crippen LogP contribution in [0.2, 0.25) is 0 Å². The summed E-state index contributed by atoms with van der Waals surface area (Å²) in [5.41, 5.74) is 1.14. The first kappa shape index (κ1) is 17.8. The predicted molar refractivity (Wildman–Crippen MR) is 93.8 cm³/mol. The van der Waals surface area contributed by atoms with Gasteiger partial charge in [0.05, 0.1) is 7.11 Å². The van der Waals surface area contributed by atoms with Crippen molar-refractivity contribution in [3.05, 3.63) is 29.8 Å². The number of carbonyl (C=O) groups is 1. The zero-order valence-electron chi connectivity index (χ0n) is 14.5. The second-order valence-corrected chi connectivity index (χ2v) is 6.26. The van der Waals surface area contributed by atoms with Gasteiger partial charge in [-0.05, 0) is 43.9 Å². The summed E-state index contributed by atoms with van der Waals surface area (Å²) in [7, 11) is 1.68. The van der Waals surface area contributed by atoms with E-state index in [9.17, 15) is 4.79 Å². The minimum atomic E-state index is 0.153. The van der Waals surface area contributed by atoms with Crippen LogP contribution >= 0.6 is 0 Å². The first-order valence-electron chi connectivity index (χ1n) is 8.87. The molecule has 0 spiro atoms. The van der Waals surface area contributed by atoms with Crippen LogP contribution < -0.4 is 10.1 Å². The Morgan fingerprint density at radius 3 is 2.96 bits per heavy atom. The molecule has 1 aromatic carbocycles. The minimum Gasteiger partial charge on any atom is -0.496 e. The first-order valence-corrected chi connectivity index (χ1v) is 8.87. The molecule has 0 saturated carbocycles. The van der Waals surface area contributed by atoms with Gasteiger partial charge in [0.25, 0.3) is 0 Å². The van der Waals surface area contributed by atoms with Crippen molar-refractivity contribution in [2.45, 2.75) is 51.5 Å². The van der Waals surface area contributed by atoms with Crippen LogP contribution in [0, 0.1) is 0 Å². The first-order chi connectivity index (χ1) is 11.2. The summed E-state index contributed by atoms with van der Waals surface area (Å²) >= 11 is 0. The average molecular weight is 318 g/mol. The molecule has 1 unspecified atom stereocenters. The van der Waals surface area contributed by atoms with E-state index >= 15 is 0 Å². The smallest absolute Gasteiger partial charge is 0.221 e. The molecule has 1 aromatic rings. The summed E-state index contributed by atoms with van der Waals surface area (Å²) in [4.78, 5) is 14.5. The topological polar surface area (TPSA) is 41.6 Å². The summed E-state index contributed by atoms with van der Waals surface area (Å²) < 4.78 is 5.33. The highest BCUT2D eigenvalue weighted by atomic mass is 16.5. The van der Waals surface area contributed by atoms with E-state index in [4.69, 9.17) is 4.74 Å². The van der Waals surface area contributed by atoms with Gasteiger partial charge in [-0.1, -0.05) is 31.5 Å². The number of amides is 1. The lowest BCUT2D eigenvalue weighted by Gasteiger charge is -2.35. The van der Waals surface area contributed by atoms with Crippen molar-refractivity contribution in [1.29, 1.82) is 0 Å². The van der Waals surface area contributed by atoms with Crippen molar-refractivity contribution < 1.29 is 9.53 Å². The van der Waals surface area contributed by atoms with Crippen LogP contribution in [0.5, 0.6) is 5.75 Å². The Morgan fingerprint density at radius 1 is 1.35 bits per heavy atom. The monoisotopic (exact) mass is 318 g/mol. The number of hydrogen-bond acceptors (Lipinski definition) is 3. The van der Waals surface area contributed by atoms with Gasteiger partial charge in [-0.25, -0.2) is 0 Å². The average Bonchev–Trinajstić information content (AvgIpc) is 2.60. The van der Waals surface area contributed by atoms with Crippen molar-refractivity contribution in [3.63, 3.8) is 0 Å². The number of benzene rings is 1. The molecular formula is C19H30N2O2. The molecule has 4 heteroatoms. The van der Waals surface area contributed by atoms with E-state index in [2.05, 4.69) is 17.1 Å². The molecule has 128 valence electrons. The predicted octanol–water partition coefficient (Wildman–Crippen LogP) is 3.01. The fraction of sp³-hybridized carbons (Fsp3) is 0.632. The maximum Gasteiger partial charge on any atom is 0.221 e. The lowest BCUT2D eigenvalue weighted by atomic mass is 10.00. The Kier molecular flexibility index (Phi) is 7.40. The van der Waals surface area contributed by atoms with Crippen molar-refractivity contribution in [2.75, 3.05) is 26.7 Å². The third kappa shape index (κ3) is 5.54. The number of methoxy groups -OCH3 is 1. The second kappa shape index (κ2) is 9.56. The van der Waals surface area contributed by atoms with Gasteiger partial charge in [0.1, 0.15) is 5.75 Å².